The van der Waals surface area contributed by atoms with Gasteiger partial charge in [0.25, 0.3) is 0 Å². The number of hydrogen-bond acceptors (Lipinski definition) is 0. The van der Waals surface area contributed by atoms with Crippen molar-refractivity contribution in [2.24, 2.45) is 0 Å². The van der Waals surface area contributed by atoms with E-state index in [0.717, 1.165) is 17.5 Å². The average molecular weight is 1250 g/mol. The van der Waals surface area contributed by atoms with E-state index in [4.69, 9.17) is 12.8 Å². The molecule has 0 atom stereocenters. The second kappa shape index (κ2) is 23.6. The van der Waals surface area contributed by atoms with Gasteiger partial charge in [0.05, 0.1) is 49.4 Å². The molecule has 8 aromatic carbocycles. The minimum atomic E-state index is -1.51. The Morgan fingerprint density at radius 3 is 1.30 bits per heavy atom. The molecule has 322 valence electrons. The monoisotopic (exact) mass is 1240 g/mol. The maximum atomic E-state index is 7.25. The first-order valence-electron chi connectivity index (χ1n) is 21.7. The summed E-state index contributed by atoms with van der Waals surface area (Å²) in [5.41, 5.74) is 9.74. The van der Waals surface area contributed by atoms with Gasteiger partial charge in [-0.05, 0) is 106 Å². The van der Waals surface area contributed by atoms with Crippen LogP contribution in [0.15, 0.2) is 206 Å². The van der Waals surface area contributed by atoms with Crippen LogP contribution in [0.1, 0.15) is 35.1 Å². The summed E-state index contributed by atoms with van der Waals surface area (Å²) in [4.78, 5) is 0. The molecule has 0 bridgehead atoms. The van der Waals surface area contributed by atoms with Crippen molar-refractivity contribution < 1.29 is 44.8 Å². The summed E-state index contributed by atoms with van der Waals surface area (Å²) in [6.07, 6.45) is 20.6. The smallest absolute Gasteiger partial charge is 0.366 e. The van der Waals surface area contributed by atoms with Crippen LogP contribution in [0.3, 0.4) is 0 Å². The molecule has 0 N–H and O–H groups in total. The molecule has 5 heteroatoms. The molecular weight excluding hydrogens is 1190 g/mol. The summed E-state index contributed by atoms with van der Waals surface area (Å²) in [5, 5.41) is 9.13. The topological polar surface area (TPSA) is 0 Å². The van der Waals surface area contributed by atoms with Crippen molar-refractivity contribution >= 4 is 55.5 Å². The molecule has 0 fully saturated rings. The van der Waals surface area contributed by atoms with E-state index >= 15 is 0 Å². The third-order valence-corrected chi connectivity index (χ3v) is 21.7. The van der Waals surface area contributed by atoms with E-state index in [0.29, 0.717) is 0 Å². The van der Waals surface area contributed by atoms with Crippen LogP contribution < -0.4 is 31.6 Å². The van der Waals surface area contributed by atoms with Gasteiger partial charge in [-0.1, -0.05) is 152 Å². The zero-order chi connectivity index (χ0) is 42.7. The number of hydrogen-bond donors (Lipinski definition) is 0. The second-order valence-electron chi connectivity index (χ2n) is 16.5. The first-order chi connectivity index (χ1) is 30.4. The molecule has 1 heterocycles. The second-order valence-corrected chi connectivity index (χ2v) is 26.1. The quantitative estimate of drug-likeness (QED) is 0.0444. The Kier molecular flexibility index (Phi) is 18.0. The molecule has 8 aromatic rings. The number of unbranched alkanes of at least 4 members (excludes halogenated alkanes) is 1. The Morgan fingerprint density at radius 2 is 0.797 bits per heavy atom. The molecule has 0 saturated heterocycles. The molecule has 1 aliphatic carbocycles. The molecule has 0 radical (unpaired) electrons. The van der Waals surface area contributed by atoms with Gasteiger partial charge < -0.3 is 12.8 Å². The summed E-state index contributed by atoms with van der Waals surface area (Å²) in [7, 11) is -2.93. The molecule has 0 amide bonds. The Hall–Kier alpha value is -4.56. The maximum absolute atomic E-state index is 7.25. The Morgan fingerprint density at radius 1 is 0.406 bits per heavy atom. The normalized spacial score (nSPS) is 11.9. The fourth-order valence-corrected chi connectivity index (χ4v) is 17.6. The van der Waals surface area contributed by atoms with Crippen LogP contribution in [0.2, 0.25) is 13.1 Å². The molecule has 0 saturated carbocycles. The van der Waals surface area contributed by atoms with E-state index in [1.54, 1.807) is 0 Å². The summed E-state index contributed by atoms with van der Waals surface area (Å²) in [6.45, 7) is 4.79. The minimum absolute atomic E-state index is 0. The molecule has 0 unspecified atom stereocenters. The third-order valence-electron chi connectivity index (χ3n) is 12.3. The van der Waals surface area contributed by atoms with Crippen LogP contribution in [0.4, 0.5) is 0 Å². The van der Waals surface area contributed by atoms with E-state index in [1.807, 2.05) is 12.1 Å². The van der Waals surface area contributed by atoms with Crippen molar-refractivity contribution in [1.82, 2.24) is 0 Å². The van der Waals surface area contributed by atoms with E-state index in [-0.39, 0.29) is 44.8 Å². The molecule has 0 spiro atoms. The third kappa shape index (κ3) is 11.4. The fraction of sp³-hybridized carbons (Fsp3) is 0.119. The van der Waals surface area contributed by atoms with Crippen LogP contribution >= 0.6 is 15.8 Å². The van der Waals surface area contributed by atoms with Gasteiger partial charge in [-0.25, -0.2) is 0 Å². The van der Waals surface area contributed by atoms with Crippen LogP contribution in [0.5, 0.6) is 0 Å². The molecule has 10 rings (SSSR count). The van der Waals surface area contributed by atoms with Gasteiger partial charge in [0.2, 0.25) is 0 Å². The Labute approximate surface area is 416 Å². The molecule has 1 aliphatic heterocycles. The van der Waals surface area contributed by atoms with E-state index in [1.165, 1.54) is 90.1 Å². The van der Waals surface area contributed by atoms with Crippen LogP contribution in [0.25, 0.3) is 22.3 Å². The summed E-state index contributed by atoms with van der Waals surface area (Å²) in [5.74, 6) is 4.91. The minimum Gasteiger partial charge on any atom is -0.366 e. The van der Waals surface area contributed by atoms with E-state index < -0.39 is 23.9 Å². The van der Waals surface area contributed by atoms with E-state index in [2.05, 4.69) is 219 Å². The van der Waals surface area contributed by atoms with Crippen molar-refractivity contribution in [3.05, 3.63) is 241 Å². The zero-order valence-corrected chi connectivity index (χ0v) is 43.6. The van der Waals surface area contributed by atoms with Gasteiger partial charge in [-0.3, -0.25) is 11.8 Å². The van der Waals surface area contributed by atoms with Crippen LogP contribution in [-0.4, -0.2) is 20.4 Å². The largest absolute Gasteiger partial charge is 1.00 e. The van der Waals surface area contributed by atoms with Crippen molar-refractivity contribution in [3.63, 3.8) is 0 Å². The van der Waals surface area contributed by atoms with Crippen molar-refractivity contribution in [2.75, 3.05) is 12.3 Å². The van der Waals surface area contributed by atoms with Gasteiger partial charge in [0.1, 0.15) is 8.07 Å². The van der Waals surface area contributed by atoms with Crippen LogP contribution in [0, 0.1) is 24.7 Å². The molecule has 2 aliphatic rings. The Balaban J connectivity index is 0.000000170. The first kappa shape index (κ1) is 48.9. The number of rotatable bonds is 9. The molecule has 64 heavy (non-hydrogen) atoms. The van der Waals surface area contributed by atoms with Gasteiger partial charge >= 0.3 is 44.8 Å². The summed E-state index contributed by atoms with van der Waals surface area (Å²) >= 11 is 0. The zero-order valence-electron chi connectivity index (χ0n) is 36.3. The van der Waals surface area contributed by atoms with Gasteiger partial charge in [0, 0.05) is 0 Å². The molecular formula is C59H52Au2P2Si+2. The molecule has 0 aromatic heterocycles. The summed E-state index contributed by atoms with van der Waals surface area (Å²) in [6, 6.07) is 74.2. The van der Waals surface area contributed by atoms with Crippen molar-refractivity contribution in [3.8, 4) is 34.1 Å². The van der Waals surface area contributed by atoms with Crippen molar-refractivity contribution in [1.29, 1.82) is 0 Å². The Bertz CT molecular complexity index is 2670. The fourth-order valence-electron chi connectivity index (χ4n) is 9.09. The first-order valence-corrected chi connectivity index (χ1v) is 28.1. The van der Waals surface area contributed by atoms with Gasteiger partial charge in [-0.15, -0.1) is 35.4 Å². The van der Waals surface area contributed by atoms with Gasteiger partial charge in [0.15, 0.2) is 0 Å². The number of benzene rings is 8. The average Bonchev–Trinajstić information content (AvgIpc) is 3.82. The predicted molar refractivity (Wildman–Crippen MR) is 276 cm³/mol. The van der Waals surface area contributed by atoms with Crippen molar-refractivity contribution in [2.45, 2.75) is 32.4 Å². The summed E-state index contributed by atoms with van der Waals surface area (Å²) < 4.78 is 0. The van der Waals surface area contributed by atoms with Gasteiger partial charge in [-0.2, -0.15) is 0 Å². The van der Waals surface area contributed by atoms with E-state index in [9.17, 15) is 0 Å². The SMILES string of the molecule is [Au+].[Au+].[C-]#Cc1ccc2c(c1)-c1ccccc1[Si]2(C)C.[C-]#Cc1ccc2c(c1)Cc1ccccc1-2.c1ccc([PH+](CCCC[PH+](c2ccccc2)c2ccccc2)c2ccccc2)cc1. The molecule has 0 nitrogen and oxygen atoms in total. The van der Waals surface area contributed by atoms with Crippen LogP contribution in [-0.2, 0) is 51.2 Å². The maximum Gasteiger partial charge on any atom is 1.00 e. The predicted octanol–water partition coefficient (Wildman–Crippen LogP) is 11.1. The standard InChI is InChI=1S/C28H28P2.C16H13Si.C15H9.2Au/c1-5-15-25(16-6-1)29(26-17-7-2-8-18-26)23-13-14-24-30(27-19-9-3-10-20-27)28-21-11-4-12-22-28;1-4-12-9-10-16-14(11-12)13-7-5-6-8-15(13)17(16,2)3;1-2-11-7-8-15-13(9-11)10-12-5-3-4-6-14(12)15;;/h1-12,15-22H,13-14,23-24H2;5-11H,2-3H3;3-9H,10H2;;/q;2*-1;2*+1/p+2. The number of fused-ring (bicyclic) bond motifs is 6.